The number of carboxylic acid groups (broad SMARTS) is 1. The van der Waals surface area contributed by atoms with Gasteiger partial charge in [0.05, 0.1) is 19.7 Å². The fourth-order valence-corrected chi connectivity index (χ4v) is 5.02. The number of benzene rings is 3. The van der Waals surface area contributed by atoms with Crippen LogP contribution in [0.3, 0.4) is 0 Å². The van der Waals surface area contributed by atoms with Gasteiger partial charge in [0.15, 0.2) is 0 Å². The molecule has 0 unspecified atom stereocenters. The molecule has 0 aliphatic carbocycles. The third-order valence-corrected chi connectivity index (χ3v) is 7.05. The number of carboxylic acids is 1. The number of hydrogen-bond donors (Lipinski definition) is 2. The van der Waals surface area contributed by atoms with Crippen molar-refractivity contribution in [1.82, 2.24) is 4.90 Å². The number of hydrogen-bond acceptors (Lipinski definition) is 6. The molecule has 0 aromatic heterocycles. The predicted octanol–water partition coefficient (Wildman–Crippen LogP) is 2.86. The first-order valence-electron chi connectivity index (χ1n) is 13.4. The van der Waals surface area contributed by atoms with E-state index in [2.05, 4.69) is 34.0 Å². The maximum Gasteiger partial charge on any atom is 0.411 e. The van der Waals surface area contributed by atoms with Crippen LogP contribution < -0.4 is 16.2 Å². The van der Waals surface area contributed by atoms with E-state index in [-0.39, 0.29) is 11.9 Å². The number of anilines is 1. The Bertz CT molecular complexity index is 1460. The molecule has 4 N–H and O–H groups in total. The summed E-state index contributed by atoms with van der Waals surface area (Å²) in [6, 6.07) is 23.8. The molecule has 9 heteroatoms. The van der Waals surface area contributed by atoms with Gasteiger partial charge in [0.25, 0.3) is 5.91 Å². The maximum absolute atomic E-state index is 13.7. The van der Waals surface area contributed by atoms with E-state index >= 15 is 0 Å². The van der Waals surface area contributed by atoms with E-state index in [1.54, 1.807) is 0 Å². The molecule has 2 aliphatic rings. The highest BCUT2D eigenvalue weighted by Crippen LogP contribution is 2.30. The van der Waals surface area contributed by atoms with Crippen molar-refractivity contribution in [3.63, 3.8) is 0 Å². The number of ether oxygens (including phenoxy) is 1. The molecule has 0 spiro atoms. The molecular formula is C32H34N4O5. The molecule has 3 aromatic rings. The summed E-state index contributed by atoms with van der Waals surface area (Å²) in [6.07, 6.45) is 3.60. The average molecular weight is 555 g/mol. The molecule has 41 heavy (non-hydrogen) atoms. The van der Waals surface area contributed by atoms with Gasteiger partial charge in [-0.05, 0) is 66.3 Å². The smallest absolute Gasteiger partial charge is 0.411 e. The van der Waals surface area contributed by atoms with Crippen LogP contribution in [0.15, 0.2) is 84.0 Å². The molecule has 2 heterocycles. The van der Waals surface area contributed by atoms with Gasteiger partial charge in [0, 0.05) is 47.7 Å². The predicted molar refractivity (Wildman–Crippen MR) is 155 cm³/mol. The second-order valence-corrected chi connectivity index (χ2v) is 9.83. The van der Waals surface area contributed by atoms with Crippen LogP contribution in [0.2, 0.25) is 0 Å². The van der Waals surface area contributed by atoms with Gasteiger partial charge in [0.1, 0.15) is 0 Å². The number of amides is 2. The molecule has 5 rings (SSSR count). The quantitative estimate of drug-likeness (QED) is 0.462. The van der Waals surface area contributed by atoms with Crippen molar-refractivity contribution in [2.24, 2.45) is 4.99 Å². The first-order chi connectivity index (χ1) is 19.8. The minimum absolute atomic E-state index is 0.0622. The van der Waals surface area contributed by atoms with Crippen molar-refractivity contribution in [1.29, 1.82) is 0 Å². The summed E-state index contributed by atoms with van der Waals surface area (Å²) >= 11 is 0. The summed E-state index contributed by atoms with van der Waals surface area (Å²) in [7, 11) is 1.34. The number of rotatable bonds is 7. The Labute approximate surface area is 239 Å². The summed E-state index contributed by atoms with van der Waals surface area (Å²) in [5.74, 6) is -1.02. The van der Waals surface area contributed by atoms with Crippen LogP contribution in [0.5, 0.6) is 0 Å². The van der Waals surface area contributed by atoms with Crippen LogP contribution in [0.1, 0.15) is 46.0 Å². The Hall–Kier alpha value is -4.76. The lowest BCUT2D eigenvalue weighted by molar-refractivity contribution is -0.386. The van der Waals surface area contributed by atoms with Gasteiger partial charge in [0.2, 0.25) is 0 Å². The molecule has 212 valence electrons. The molecule has 2 amide bonds. The number of carbonyl (C=O) groups is 3. The standard InChI is InChI=1S/C30H30N4O3.C2H4O2/c1-37-30(36)33-25-10-8-22(9-11-25)24-17-27(32-19-24)28(16-20-5-3-2-4-6-20)34-14-13-23-15-21(18-31)7-12-26(23)29(34)35;1-2(3)4/h2-12,15,19,28H,13-14,16-18,31H2,1H3,(H,33,36);1H3,(H,3,4)/t28-;/m0./s1. The lowest BCUT2D eigenvalue weighted by Gasteiger charge is -2.36. The highest BCUT2D eigenvalue weighted by atomic mass is 16.5. The van der Waals surface area contributed by atoms with Crippen LogP contribution in [-0.2, 0) is 28.9 Å². The second-order valence-electron chi connectivity index (χ2n) is 9.83. The van der Waals surface area contributed by atoms with Crippen LogP contribution in [-0.4, -0.2) is 48.3 Å². The van der Waals surface area contributed by atoms with Crippen molar-refractivity contribution in [3.8, 4) is 0 Å². The Balaban J connectivity index is 0.000000909. The molecule has 1 atom stereocenters. The van der Waals surface area contributed by atoms with E-state index in [9.17, 15) is 9.59 Å². The molecule has 0 bridgehead atoms. The van der Waals surface area contributed by atoms with Crippen molar-refractivity contribution < 1.29 is 30.0 Å². The summed E-state index contributed by atoms with van der Waals surface area (Å²) in [4.78, 5) is 40.9. The normalized spacial score (nSPS) is 14.6. The average Bonchev–Trinajstić information content (AvgIpc) is 3.47. The number of allylic oxidation sites excluding steroid dienone is 1. The summed E-state index contributed by atoms with van der Waals surface area (Å²) in [5.41, 5.74) is 12.0. The number of fused-ring (bicyclic) bond motifs is 1. The number of methoxy groups -OCH3 is 1. The topological polar surface area (TPSA) is 139 Å². The van der Waals surface area contributed by atoms with E-state index in [1.165, 1.54) is 12.7 Å². The van der Waals surface area contributed by atoms with Crippen molar-refractivity contribution in [2.75, 3.05) is 19.0 Å². The third-order valence-electron chi connectivity index (χ3n) is 7.05. The van der Waals surface area contributed by atoms with Crippen LogP contribution in [0.4, 0.5) is 10.5 Å². The second kappa shape index (κ2) is 13.5. The van der Waals surface area contributed by atoms with Crippen LogP contribution >= 0.6 is 0 Å². The molecule has 3 aromatic carbocycles. The number of nitrogens with zero attached hydrogens (tertiary/aromatic N) is 2. The summed E-state index contributed by atoms with van der Waals surface area (Å²) in [5, 5.41) is 11.6. The molecule has 0 radical (unpaired) electrons. The van der Waals surface area contributed by atoms with Crippen molar-refractivity contribution in [2.45, 2.75) is 38.8 Å². The highest BCUT2D eigenvalue weighted by Gasteiger charge is 2.34. The molecule has 0 saturated heterocycles. The lowest BCUT2D eigenvalue weighted by Crippen LogP contribution is -2.50. The zero-order valence-electron chi connectivity index (χ0n) is 23.3. The fourth-order valence-electron chi connectivity index (χ4n) is 5.02. The SMILES string of the molecule is CC(=O)[O-].COC(=O)Nc1ccc(C2=CN=C([C@H](Cc3ccccc3)N3CCc4cc(C[NH3+])ccc4C3=O)C2)cc1. The summed E-state index contributed by atoms with van der Waals surface area (Å²) < 4.78 is 4.66. The highest BCUT2D eigenvalue weighted by molar-refractivity contribution is 6.06. The molecule has 0 saturated carbocycles. The Morgan fingerprint density at radius 2 is 1.78 bits per heavy atom. The van der Waals surface area contributed by atoms with Gasteiger partial charge in [-0.15, -0.1) is 0 Å². The van der Waals surface area contributed by atoms with E-state index in [1.807, 2.05) is 65.7 Å². The zero-order chi connectivity index (χ0) is 29.4. The van der Waals surface area contributed by atoms with Gasteiger partial charge in [-0.25, -0.2) is 4.79 Å². The molecular weight excluding hydrogens is 520 g/mol. The Morgan fingerprint density at radius 1 is 1.07 bits per heavy atom. The van der Waals surface area contributed by atoms with Gasteiger partial charge in [-0.2, -0.15) is 0 Å². The molecule has 0 fully saturated rings. The van der Waals surface area contributed by atoms with E-state index in [4.69, 9.17) is 14.9 Å². The maximum atomic E-state index is 13.7. The third kappa shape index (κ3) is 7.46. The minimum Gasteiger partial charge on any atom is -0.550 e. The first kappa shape index (κ1) is 29.2. The number of carbonyl (C=O) groups excluding carboxylic acids is 3. The van der Waals surface area contributed by atoms with E-state index in [0.29, 0.717) is 31.6 Å². The Kier molecular flexibility index (Phi) is 9.65. The molecule has 9 nitrogen and oxygen atoms in total. The van der Waals surface area contributed by atoms with Gasteiger partial charge < -0.3 is 25.3 Å². The van der Waals surface area contributed by atoms with Gasteiger partial charge in [-0.1, -0.05) is 48.5 Å². The van der Waals surface area contributed by atoms with Crippen LogP contribution in [0, 0.1) is 0 Å². The van der Waals surface area contributed by atoms with E-state index < -0.39 is 12.1 Å². The first-order valence-corrected chi connectivity index (χ1v) is 13.4. The van der Waals surface area contributed by atoms with Crippen molar-refractivity contribution >= 4 is 34.9 Å². The molecule has 2 aliphatic heterocycles. The van der Waals surface area contributed by atoms with Gasteiger partial charge >= 0.3 is 6.09 Å². The fraction of sp³-hybridized carbons (Fsp3) is 0.250. The lowest BCUT2D eigenvalue weighted by atomic mass is 9.90. The minimum atomic E-state index is -1.08. The zero-order valence-corrected chi connectivity index (χ0v) is 23.3. The summed E-state index contributed by atoms with van der Waals surface area (Å²) in [6.45, 7) is 2.35. The van der Waals surface area contributed by atoms with Crippen molar-refractivity contribution in [3.05, 3.63) is 107 Å². The number of nitrogens with one attached hydrogen (secondary N) is 1. The number of quaternary nitrogens is 1. The van der Waals surface area contributed by atoms with E-state index in [0.717, 1.165) is 46.9 Å². The van der Waals surface area contributed by atoms with Gasteiger partial charge in [-0.3, -0.25) is 15.1 Å². The Morgan fingerprint density at radius 3 is 2.44 bits per heavy atom. The largest absolute Gasteiger partial charge is 0.550 e. The number of aliphatic imine (C=N–C) groups is 1. The number of aliphatic carboxylic acids is 1. The van der Waals surface area contributed by atoms with Crippen LogP contribution in [0.25, 0.3) is 5.57 Å². The monoisotopic (exact) mass is 554 g/mol.